The normalized spacial score (nSPS) is 12.1. The summed E-state index contributed by atoms with van der Waals surface area (Å²) in [5, 5.41) is 0.260. The maximum atomic E-state index is 6.20. The highest BCUT2D eigenvalue weighted by Crippen LogP contribution is 2.37. The average molecular weight is 312 g/mol. The van der Waals surface area contributed by atoms with Gasteiger partial charge in [0.2, 0.25) is 8.32 Å². The predicted octanol–water partition coefficient (Wildman–Crippen LogP) is 3.71. The molecule has 0 fully saturated rings. The van der Waals surface area contributed by atoms with Crippen molar-refractivity contribution in [3.8, 4) is 5.75 Å². The first kappa shape index (κ1) is 14.5. The zero-order valence-corrected chi connectivity index (χ0v) is 14.8. The van der Waals surface area contributed by atoms with Gasteiger partial charge < -0.3 is 4.43 Å². The molecule has 0 atom stereocenters. The highest BCUT2D eigenvalue weighted by molar-refractivity contribution is 9.23. The first-order valence-electron chi connectivity index (χ1n) is 5.60. The van der Waals surface area contributed by atoms with Gasteiger partial charge in [-0.2, -0.15) is 3.69 Å². The molecule has 1 aromatic rings. The molecule has 0 bridgehead atoms. The molecule has 0 aromatic heterocycles. The fourth-order valence-electron chi connectivity index (χ4n) is 1.09. The minimum atomic E-state index is -1.67. The number of hydrogen-bond donors (Lipinski definition) is 0. The number of benzene rings is 1. The van der Waals surface area contributed by atoms with Crippen LogP contribution in [0.1, 0.15) is 20.8 Å². The fourth-order valence-corrected chi connectivity index (χ4v) is 3.66. The second-order valence-electron chi connectivity index (χ2n) is 5.64. The van der Waals surface area contributed by atoms with Gasteiger partial charge in [0.1, 0.15) is 5.75 Å². The summed E-state index contributed by atoms with van der Waals surface area (Å²) in [4.78, 5) is 0. The molecule has 0 saturated carbocycles. The lowest BCUT2D eigenvalue weighted by atomic mass is 10.2. The lowest BCUT2D eigenvalue weighted by Gasteiger charge is -2.36. The van der Waals surface area contributed by atoms with Crippen molar-refractivity contribution < 1.29 is 4.43 Å². The molecule has 0 saturated heterocycles. The molecule has 0 aliphatic rings. The second kappa shape index (κ2) is 5.42. The van der Waals surface area contributed by atoms with E-state index in [0.717, 1.165) is 5.75 Å². The van der Waals surface area contributed by atoms with E-state index < -0.39 is 8.32 Å². The SMILES string of the molecule is CC(C)(C)[Si](C)(C)Oc1cc[c]([Mg][Br])cc1. The zero-order chi connectivity index (χ0) is 12.4. The third kappa shape index (κ3) is 3.75. The van der Waals surface area contributed by atoms with Crippen molar-refractivity contribution in [2.24, 2.45) is 0 Å². The fraction of sp³-hybridized carbons (Fsp3) is 0.500. The van der Waals surface area contributed by atoms with Gasteiger partial charge in [0, 0.05) is 0 Å². The van der Waals surface area contributed by atoms with Gasteiger partial charge in [-0.05, 0) is 30.3 Å². The smallest absolute Gasteiger partial charge is 0.506 e. The molecular weight excluding hydrogens is 292 g/mol. The Morgan fingerprint density at radius 2 is 1.62 bits per heavy atom. The largest absolute Gasteiger partial charge is 0.544 e. The molecule has 1 rings (SSSR count). The van der Waals surface area contributed by atoms with Crippen molar-refractivity contribution in [3.05, 3.63) is 24.3 Å². The zero-order valence-electron chi connectivity index (χ0n) is 10.8. The van der Waals surface area contributed by atoms with Crippen LogP contribution >= 0.6 is 12.9 Å². The Labute approximate surface area is 116 Å². The maximum Gasteiger partial charge on any atom is 0.506 e. The molecule has 0 heterocycles. The van der Waals surface area contributed by atoms with E-state index in [1.165, 1.54) is 3.69 Å². The van der Waals surface area contributed by atoms with E-state index >= 15 is 0 Å². The number of rotatable bonds is 3. The first-order chi connectivity index (χ1) is 7.26. The number of halogens is 1. The minimum absolute atomic E-state index is 0.226. The third-order valence-corrected chi connectivity index (χ3v) is 10.3. The summed E-state index contributed by atoms with van der Waals surface area (Å²) in [5.74, 6) is 1.02. The van der Waals surface area contributed by atoms with Crippen molar-refractivity contribution in [1.29, 1.82) is 0 Å². The van der Waals surface area contributed by atoms with Crippen molar-refractivity contribution in [2.75, 3.05) is 0 Å². The van der Waals surface area contributed by atoms with Crippen LogP contribution in [0.4, 0.5) is 0 Å². The quantitative estimate of drug-likeness (QED) is 0.773. The van der Waals surface area contributed by atoms with Crippen molar-refractivity contribution in [1.82, 2.24) is 0 Å². The summed E-state index contributed by atoms with van der Waals surface area (Å²) in [5.41, 5.74) is 0. The van der Waals surface area contributed by atoms with Crippen LogP contribution in [0.15, 0.2) is 24.3 Å². The van der Waals surface area contributed by atoms with Crippen molar-refractivity contribution >= 4 is 43.1 Å². The van der Waals surface area contributed by atoms with E-state index in [4.69, 9.17) is 4.43 Å². The van der Waals surface area contributed by atoms with Crippen LogP contribution in [0.5, 0.6) is 5.75 Å². The highest BCUT2D eigenvalue weighted by atomic mass is 79.9. The Morgan fingerprint density at radius 1 is 1.12 bits per heavy atom. The van der Waals surface area contributed by atoms with Gasteiger partial charge in [-0.25, -0.2) is 0 Å². The van der Waals surface area contributed by atoms with E-state index in [0.29, 0.717) is 0 Å². The second-order valence-corrected chi connectivity index (χ2v) is 13.1. The molecule has 4 heteroatoms. The molecule has 0 unspecified atom stereocenters. The Morgan fingerprint density at radius 3 is 2.00 bits per heavy atom. The Bertz CT molecular complexity index is 343. The molecule has 0 aliphatic heterocycles. The van der Waals surface area contributed by atoms with Gasteiger partial charge in [-0.1, -0.05) is 32.9 Å². The van der Waals surface area contributed by atoms with E-state index in [-0.39, 0.29) is 23.2 Å². The van der Waals surface area contributed by atoms with E-state index in [2.05, 4.69) is 71.0 Å². The summed E-state index contributed by atoms with van der Waals surface area (Å²) < 4.78 is 7.62. The van der Waals surface area contributed by atoms with Crippen LogP contribution in [0, 0.1) is 0 Å². The molecule has 0 spiro atoms. The van der Waals surface area contributed by atoms with Crippen LogP contribution in [-0.2, 0) is 0 Å². The molecule has 1 aromatic carbocycles. The minimum Gasteiger partial charge on any atom is -0.544 e. The van der Waals surface area contributed by atoms with Crippen LogP contribution < -0.4 is 8.12 Å². The van der Waals surface area contributed by atoms with Gasteiger partial charge in [0.05, 0.1) is 0 Å². The van der Waals surface area contributed by atoms with Gasteiger partial charge in [0.15, 0.2) is 0 Å². The molecule has 1 nitrogen and oxygen atoms in total. The molecule has 0 N–H and O–H groups in total. The third-order valence-electron chi connectivity index (χ3n) is 3.26. The van der Waals surface area contributed by atoms with E-state index in [1.807, 2.05) is 0 Å². The summed E-state index contributed by atoms with van der Waals surface area (Å²) >= 11 is 3.36. The van der Waals surface area contributed by atoms with E-state index in [9.17, 15) is 0 Å². The highest BCUT2D eigenvalue weighted by Gasteiger charge is 2.38. The topological polar surface area (TPSA) is 9.23 Å². The standard InChI is InChI=1S/C12H19OSi.BrH.Mg/c1-12(2,3)14(4,5)13-11-9-7-6-8-10-11;;/h7-10H,1-5H3;1H;/q;;+1/p-1. The van der Waals surface area contributed by atoms with Crippen molar-refractivity contribution in [2.45, 2.75) is 38.9 Å². The Kier molecular flexibility index (Phi) is 4.93. The van der Waals surface area contributed by atoms with E-state index in [1.54, 1.807) is 0 Å². The maximum absolute atomic E-state index is 6.20. The van der Waals surface area contributed by atoms with Gasteiger partial charge in [-0.3, -0.25) is 12.9 Å². The summed E-state index contributed by atoms with van der Waals surface area (Å²) in [7, 11) is -1.67. The summed E-state index contributed by atoms with van der Waals surface area (Å²) in [6, 6.07) is 8.54. The molecule has 16 heavy (non-hydrogen) atoms. The summed E-state index contributed by atoms with van der Waals surface area (Å²) in [6.07, 6.45) is 0. The van der Waals surface area contributed by atoms with Crippen LogP contribution in [0.25, 0.3) is 0 Å². The average Bonchev–Trinajstić information content (AvgIpc) is 2.16. The van der Waals surface area contributed by atoms with Gasteiger partial charge >= 0.3 is 18.2 Å². The molecule has 86 valence electrons. The van der Waals surface area contributed by atoms with Crippen LogP contribution in [0.3, 0.4) is 0 Å². The number of hydrogen-bond acceptors (Lipinski definition) is 1. The molecular formula is C12H19BrMgOSi. The Hall–Kier alpha value is 0.483. The first-order valence-corrected chi connectivity index (χ1v) is 13.1. The lowest BCUT2D eigenvalue weighted by molar-refractivity contribution is 0.492. The van der Waals surface area contributed by atoms with Gasteiger partial charge in [-0.15, -0.1) is 0 Å². The van der Waals surface area contributed by atoms with Crippen molar-refractivity contribution in [3.63, 3.8) is 0 Å². The van der Waals surface area contributed by atoms with Gasteiger partial charge in [0.25, 0.3) is 0 Å². The predicted molar refractivity (Wildman–Crippen MR) is 78.6 cm³/mol. The molecule has 0 aliphatic carbocycles. The Balaban J connectivity index is 2.80. The lowest BCUT2D eigenvalue weighted by Crippen LogP contribution is -2.43. The monoisotopic (exact) mass is 310 g/mol. The van der Waals surface area contributed by atoms with Crippen LogP contribution in [0.2, 0.25) is 18.1 Å². The van der Waals surface area contributed by atoms with Crippen LogP contribution in [-0.4, -0.2) is 26.5 Å². The summed E-state index contributed by atoms with van der Waals surface area (Å²) in [6.45, 7) is 11.3. The molecule has 0 radical (unpaired) electrons. The molecule has 0 amide bonds.